The summed E-state index contributed by atoms with van der Waals surface area (Å²) in [6.45, 7) is 7.48. The fourth-order valence-corrected chi connectivity index (χ4v) is 3.11. The first-order chi connectivity index (χ1) is 11.3. The largest absolute Gasteiger partial charge is 0.307 e. The summed E-state index contributed by atoms with van der Waals surface area (Å²) in [5, 5.41) is 6.88. The van der Waals surface area contributed by atoms with E-state index in [1.54, 1.807) is 23.0 Å². The summed E-state index contributed by atoms with van der Waals surface area (Å²) in [5.74, 6) is 0.145. The molecule has 1 aromatic carbocycles. The molecule has 7 nitrogen and oxygen atoms in total. The van der Waals surface area contributed by atoms with Crippen LogP contribution in [0.1, 0.15) is 30.2 Å². The van der Waals surface area contributed by atoms with Gasteiger partial charge in [-0.3, -0.25) is 4.79 Å². The van der Waals surface area contributed by atoms with Crippen LogP contribution in [0.2, 0.25) is 0 Å². The zero-order valence-corrected chi connectivity index (χ0v) is 14.4. The summed E-state index contributed by atoms with van der Waals surface area (Å²) in [6, 6.07) is 7.61. The number of rotatable bonds is 7. The third kappa shape index (κ3) is 4.09. The molecule has 2 rings (SSSR count). The summed E-state index contributed by atoms with van der Waals surface area (Å²) in [4.78, 5) is 12.4. The maximum atomic E-state index is 12.4. The zero-order valence-electron chi connectivity index (χ0n) is 13.6. The van der Waals surface area contributed by atoms with Crippen LogP contribution in [0.4, 0.5) is 5.82 Å². The maximum Gasteiger partial charge on any atom is 0.256 e. The fourth-order valence-electron chi connectivity index (χ4n) is 2.07. The Morgan fingerprint density at radius 1 is 1.38 bits per heavy atom. The van der Waals surface area contributed by atoms with Crippen molar-refractivity contribution in [3.63, 3.8) is 0 Å². The number of sulfonamides is 1. The minimum atomic E-state index is -3.68. The van der Waals surface area contributed by atoms with E-state index in [4.69, 9.17) is 0 Å². The smallest absolute Gasteiger partial charge is 0.256 e. The van der Waals surface area contributed by atoms with E-state index in [1.807, 2.05) is 13.8 Å². The number of hydrogen-bond acceptors (Lipinski definition) is 4. The first kappa shape index (κ1) is 17.9. The molecule has 2 aromatic rings. The van der Waals surface area contributed by atoms with E-state index in [0.29, 0.717) is 5.82 Å². The number of nitrogens with one attached hydrogen (secondary N) is 2. The molecule has 0 aliphatic heterocycles. The van der Waals surface area contributed by atoms with Gasteiger partial charge in [0, 0.05) is 24.2 Å². The summed E-state index contributed by atoms with van der Waals surface area (Å²) in [6.07, 6.45) is 3.04. The minimum Gasteiger partial charge on any atom is -0.307 e. The third-order valence-corrected chi connectivity index (χ3v) is 4.65. The lowest BCUT2D eigenvalue weighted by Crippen LogP contribution is -2.24. The fraction of sp³-hybridized carbons (Fsp3) is 0.250. The molecule has 24 heavy (non-hydrogen) atoms. The Hall–Kier alpha value is -2.45. The Labute approximate surface area is 141 Å². The lowest BCUT2D eigenvalue weighted by Gasteiger charge is -2.12. The van der Waals surface area contributed by atoms with Crippen molar-refractivity contribution in [2.75, 3.05) is 11.9 Å². The van der Waals surface area contributed by atoms with E-state index in [2.05, 4.69) is 21.7 Å². The lowest BCUT2D eigenvalue weighted by molar-refractivity contribution is 0.102. The number of carbonyl (C=O) groups is 1. The molecule has 0 bridgehead atoms. The van der Waals surface area contributed by atoms with Gasteiger partial charge in [0.15, 0.2) is 0 Å². The van der Waals surface area contributed by atoms with Gasteiger partial charge in [-0.15, -0.1) is 6.58 Å². The molecule has 0 aliphatic rings. The predicted molar refractivity (Wildman–Crippen MR) is 92.4 cm³/mol. The highest BCUT2D eigenvalue weighted by molar-refractivity contribution is 7.89. The molecular formula is C16H20N4O3S. The number of carbonyl (C=O) groups excluding carboxylic acids is 1. The van der Waals surface area contributed by atoms with Gasteiger partial charge in [0.2, 0.25) is 10.0 Å². The standard InChI is InChI=1S/C16H20N4O3S/c1-4-9-18-24(22,23)14-7-5-6-13(11-14)16(21)19-15-8-10-17-20(15)12(2)3/h4-8,10-12,18H,1,9H2,2-3H3,(H,19,21). The van der Waals surface area contributed by atoms with E-state index in [0.717, 1.165) is 0 Å². The second-order valence-corrected chi connectivity index (χ2v) is 7.14. The molecule has 1 amide bonds. The highest BCUT2D eigenvalue weighted by atomic mass is 32.2. The topological polar surface area (TPSA) is 93.1 Å². The number of nitrogens with zero attached hydrogens (tertiary/aromatic N) is 2. The van der Waals surface area contributed by atoms with Gasteiger partial charge in [-0.25, -0.2) is 17.8 Å². The van der Waals surface area contributed by atoms with Crippen LogP contribution < -0.4 is 10.0 Å². The van der Waals surface area contributed by atoms with E-state index in [1.165, 1.54) is 24.3 Å². The van der Waals surface area contributed by atoms with Crippen molar-refractivity contribution >= 4 is 21.7 Å². The first-order valence-electron chi connectivity index (χ1n) is 7.40. The van der Waals surface area contributed by atoms with Crippen molar-refractivity contribution in [1.29, 1.82) is 0 Å². The van der Waals surface area contributed by atoms with Gasteiger partial charge in [0.25, 0.3) is 5.91 Å². The van der Waals surface area contributed by atoms with Crippen molar-refractivity contribution in [2.45, 2.75) is 24.8 Å². The molecule has 1 aromatic heterocycles. The van der Waals surface area contributed by atoms with Crippen LogP contribution >= 0.6 is 0 Å². The molecule has 128 valence electrons. The molecule has 0 aliphatic carbocycles. The summed E-state index contributed by atoms with van der Waals surface area (Å²) < 4.78 is 28.3. The van der Waals surface area contributed by atoms with Crippen LogP contribution in [0, 0.1) is 0 Å². The average molecular weight is 348 g/mol. The summed E-state index contributed by atoms with van der Waals surface area (Å²) in [5.41, 5.74) is 0.244. The van der Waals surface area contributed by atoms with Crippen molar-refractivity contribution in [3.8, 4) is 0 Å². The molecule has 8 heteroatoms. The zero-order chi connectivity index (χ0) is 17.7. The van der Waals surface area contributed by atoms with Gasteiger partial charge in [-0.05, 0) is 32.0 Å². The Morgan fingerprint density at radius 2 is 2.12 bits per heavy atom. The van der Waals surface area contributed by atoms with Gasteiger partial charge in [-0.2, -0.15) is 5.10 Å². The van der Waals surface area contributed by atoms with Gasteiger partial charge in [0.1, 0.15) is 5.82 Å². The van der Waals surface area contributed by atoms with Crippen LogP contribution in [0.5, 0.6) is 0 Å². The highest BCUT2D eigenvalue weighted by Gasteiger charge is 2.16. The van der Waals surface area contributed by atoms with Crippen molar-refractivity contribution in [3.05, 3.63) is 54.7 Å². The second-order valence-electron chi connectivity index (χ2n) is 5.38. The number of benzene rings is 1. The molecule has 0 radical (unpaired) electrons. The number of amides is 1. The maximum absolute atomic E-state index is 12.4. The first-order valence-corrected chi connectivity index (χ1v) is 8.89. The van der Waals surface area contributed by atoms with Gasteiger partial charge in [0.05, 0.1) is 11.1 Å². The lowest BCUT2D eigenvalue weighted by atomic mass is 10.2. The van der Waals surface area contributed by atoms with E-state index < -0.39 is 15.9 Å². The van der Waals surface area contributed by atoms with E-state index in [-0.39, 0.29) is 23.0 Å². The average Bonchev–Trinajstić information content (AvgIpc) is 3.01. The third-order valence-electron chi connectivity index (χ3n) is 3.23. The SMILES string of the molecule is C=CCNS(=O)(=O)c1cccc(C(=O)Nc2ccnn2C(C)C)c1. The van der Waals surface area contributed by atoms with Crippen LogP contribution in [-0.2, 0) is 10.0 Å². The minimum absolute atomic E-state index is 0.0226. The Bertz CT molecular complexity index is 841. The number of hydrogen-bond donors (Lipinski definition) is 2. The molecular weight excluding hydrogens is 328 g/mol. The van der Waals surface area contributed by atoms with E-state index in [9.17, 15) is 13.2 Å². The molecule has 0 spiro atoms. The summed E-state index contributed by atoms with van der Waals surface area (Å²) in [7, 11) is -3.68. The second kappa shape index (κ2) is 7.41. The van der Waals surface area contributed by atoms with E-state index >= 15 is 0 Å². The molecule has 2 N–H and O–H groups in total. The Morgan fingerprint density at radius 3 is 2.79 bits per heavy atom. The van der Waals surface area contributed by atoms with Gasteiger partial charge >= 0.3 is 0 Å². The Balaban J connectivity index is 2.23. The van der Waals surface area contributed by atoms with Crippen LogP contribution in [-0.4, -0.2) is 30.7 Å². The van der Waals surface area contributed by atoms with Crippen molar-refractivity contribution in [2.24, 2.45) is 0 Å². The molecule has 1 heterocycles. The molecule has 0 fully saturated rings. The van der Waals surface area contributed by atoms with Crippen LogP contribution in [0.3, 0.4) is 0 Å². The van der Waals surface area contributed by atoms with Gasteiger partial charge < -0.3 is 5.32 Å². The molecule has 0 unspecified atom stereocenters. The van der Waals surface area contributed by atoms with Crippen LogP contribution in [0.15, 0.2) is 54.1 Å². The normalized spacial score (nSPS) is 11.5. The molecule has 0 saturated heterocycles. The monoisotopic (exact) mass is 348 g/mol. The highest BCUT2D eigenvalue weighted by Crippen LogP contribution is 2.16. The summed E-state index contributed by atoms with van der Waals surface area (Å²) >= 11 is 0. The van der Waals surface area contributed by atoms with Crippen molar-refractivity contribution in [1.82, 2.24) is 14.5 Å². The predicted octanol–water partition coefficient (Wildman–Crippen LogP) is 2.18. The van der Waals surface area contributed by atoms with Crippen LogP contribution in [0.25, 0.3) is 0 Å². The molecule has 0 saturated carbocycles. The molecule has 0 atom stereocenters. The van der Waals surface area contributed by atoms with Crippen molar-refractivity contribution < 1.29 is 13.2 Å². The quantitative estimate of drug-likeness (QED) is 0.750. The Kier molecular flexibility index (Phi) is 5.53. The number of anilines is 1. The van der Waals surface area contributed by atoms with Gasteiger partial charge in [-0.1, -0.05) is 12.1 Å². The number of aromatic nitrogens is 2.